The van der Waals surface area contributed by atoms with Crippen LogP contribution in [-0.2, 0) is 13.1 Å². The molecule has 0 radical (unpaired) electrons. The molecule has 3 N–H and O–H groups in total. The molecule has 0 atom stereocenters. The molecule has 0 saturated heterocycles. The third-order valence-electron chi connectivity index (χ3n) is 4.22. The first kappa shape index (κ1) is 18.0. The summed E-state index contributed by atoms with van der Waals surface area (Å²) in [7, 11) is 0. The van der Waals surface area contributed by atoms with Gasteiger partial charge in [0.15, 0.2) is 11.6 Å². The molecule has 2 aromatic rings. The molecule has 1 aromatic carbocycles. The molecule has 7 nitrogen and oxygen atoms in total. The van der Waals surface area contributed by atoms with Gasteiger partial charge in [-0.15, -0.1) is 0 Å². The van der Waals surface area contributed by atoms with Gasteiger partial charge < -0.3 is 0 Å². The number of hydrazine groups is 2. The number of benzene rings is 1. The summed E-state index contributed by atoms with van der Waals surface area (Å²) in [6.07, 6.45) is 3.27. The fraction of sp³-hybridized carbons (Fsp3) is 0.176. The van der Waals surface area contributed by atoms with Crippen molar-refractivity contribution in [2.45, 2.75) is 19.5 Å². The van der Waals surface area contributed by atoms with Crippen LogP contribution in [0.5, 0.6) is 0 Å². The second-order valence-corrected chi connectivity index (χ2v) is 6.18. The van der Waals surface area contributed by atoms with Gasteiger partial charge in [0.25, 0.3) is 6.43 Å². The SMILES string of the molecule is NN1C=NC2=C(c3cnn(CC(F)F)c3)NN(Cc3cccc(F)c3F)C2=C1. The second-order valence-electron chi connectivity index (χ2n) is 6.18. The van der Waals surface area contributed by atoms with Crippen molar-refractivity contribution >= 4 is 12.0 Å². The van der Waals surface area contributed by atoms with E-state index >= 15 is 0 Å². The predicted octanol–water partition coefficient (Wildman–Crippen LogP) is 2.17. The van der Waals surface area contributed by atoms with Crippen molar-refractivity contribution in [2.24, 2.45) is 10.8 Å². The largest absolute Gasteiger partial charge is 0.295 e. The van der Waals surface area contributed by atoms with Crippen LogP contribution in [0.15, 0.2) is 53.2 Å². The monoisotopic (exact) mass is 393 g/mol. The molecule has 2 aliphatic heterocycles. The number of nitrogens with one attached hydrogen (secondary N) is 1. The lowest BCUT2D eigenvalue weighted by Gasteiger charge is -2.24. The van der Waals surface area contributed by atoms with Gasteiger partial charge >= 0.3 is 0 Å². The molecule has 3 heterocycles. The summed E-state index contributed by atoms with van der Waals surface area (Å²) >= 11 is 0. The highest BCUT2D eigenvalue weighted by Crippen LogP contribution is 2.34. The number of rotatable bonds is 5. The summed E-state index contributed by atoms with van der Waals surface area (Å²) in [6, 6.07) is 3.91. The predicted molar refractivity (Wildman–Crippen MR) is 92.8 cm³/mol. The van der Waals surface area contributed by atoms with Gasteiger partial charge in [-0.05, 0) is 6.07 Å². The van der Waals surface area contributed by atoms with E-state index in [0.29, 0.717) is 22.7 Å². The van der Waals surface area contributed by atoms with E-state index in [9.17, 15) is 17.6 Å². The lowest BCUT2D eigenvalue weighted by Crippen LogP contribution is -2.34. The highest BCUT2D eigenvalue weighted by Gasteiger charge is 2.31. The van der Waals surface area contributed by atoms with Crippen molar-refractivity contribution in [3.8, 4) is 0 Å². The smallest absolute Gasteiger partial charge is 0.257 e. The molecule has 2 aliphatic rings. The Balaban J connectivity index is 1.66. The zero-order chi connectivity index (χ0) is 19.8. The fourth-order valence-electron chi connectivity index (χ4n) is 2.97. The van der Waals surface area contributed by atoms with E-state index in [1.807, 2.05) is 0 Å². The molecule has 0 bridgehead atoms. The number of nitrogens with zero attached hydrogens (tertiary/aromatic N) is 5. The van der Waals surface area contributed by atoms with Crippen LogP contribution in [0.4, 0.5) is 17.6 Å². The van der Waals surface area contributed by atoms with Crippen molar-refractivity contribution in [1.29, 1.82) is 0 Å². The van der Waals surface area contributed by atoms with Crippen molar-refractivity contribution < 1.29 is 17.6 Å². The first-order valence-electron chi connectivity index (χ1n) is 8.24. The van der Waals surface area contributed by atoms with Crippen LogP contribution in [-0.4, -0.2) is 32.6 Å². The lowest BCUT2D eigenvalue weighted by molar-refractivity contribution is 0.122. The quantitative estimate of drug-likeness (QED) is 0.602. The topological polar surface area (TPSA) is 74.7 Å². The maximum atomic E-state index is 14.1. The van der Waals surface area contributed by atoms with E-state index in [1.54, 1.807) is 11.2 Å². The van der Waals surface area contributed by atoms with E-state index < -0.39 is 24.6 Å². The lowest BCUT2D eigenvalue weighted by atomic mass is 10.1. The van der Waals surface area contributed by atoms with Gasteiger partial charge in [-0.2, -0.15) is 5.10 Å². The third-order valence-corrected chi connectivity index (χ3v) is 4.22. The molecule has 28 heavy (non-hydrogen) atoms. The van der Waals surface area contributed by atoms with E-state index in [0.717, 1.165) is 10.7 Å². The minimum absolute atomic E-state index is 0.0169. The van der Waals surface area contributed by atoms with Crippen LogP contribution in [0.25, 0.3) is 5.70 Å². The summed E-state index contributed by atoms with van der Waals surface area (Å²) in [4.78, 5) is 4.26. The van der Waals surface area contributed by atoms with Crippen LogP contribution in [0.1, 0.15) is 11.1 Å². The number of fused-ring (bicyclic) bond motifs is 1. The molecule has 4 rings (SSSR count). The molecule has 146 valence electrons. The number of hydrogen-bond donors (Lipinski definition) is 2. The van der Waals surface area contributed by atoms with Gasteiger partial charge in [0.2, 0.25) is 0 Å². The number of hydrogen-bond acceptors (Lipinski definition) is 6. The molecule has 0 aliphatic carbocycles. The normalized spacial score (nSPS) is 16.0. The van der Waals surface area contributed by atoms with Gasteiger partial charge in [0, 0.05) is 23.5 Å². The van der Waals surface area contributed by atoms with Crippen LogP contribution in [0, 0.1) is 11.6 Å². The summed E-state index contributed by atoms with van der Waals surface area (Å²) in [5, 5.41) is 6.68. The van der Waals surface area contributed by atoms with E-state index in [4.69, 9.17) is 5.84 Å². The average Bonchev–Trinajstić information content (AvgIpc) is 3.23. The number of alkyl halides is 2. The van der Waals surface area contributed by atoms with E-state index in [2.05, 4.69) is 15.5 Å². The molecule has 0 fully saturated rings. The zero-order valence-corrected chi connectivity index (χ0v) is 14.4. The highest BCUT2D eigenvalue weighted by atomic mass is 19.3. The van der Waals surface area contributed by atoms with Gasteiger partial charge in [0.1, 0.15) is 24.3 Å². The molecular weight excluding hydrogens is 378 g/mol. The maximum absolute atomic E-state index is 14.1. The Labute approximate surface area is 157 Å². The maximum Gasteiger partial charge on any atom is 0.257 e. The van der Waals surface area contributed by atoms with Crippen LogP contribution in [0.3, 0.4) is 0 Å². The Morgan fingerprint density at radius 3 is 2.82 bits per heavy atom. The average molecular weight is 393 g/mol. The minimum Gasteiger partial charge on any atom is -0.295 e. The van der Waals surface area contributed by atoms with Crippen molar-refractivity contribution in [3.63, 3.8) is 0 Å². The first-order chi connectivity index (χ1) is 13.4. The molecule has 1 aromatic heterocycles. The number of aromatic nitrogens is 2. The fourth-order valence-corrected chi connectivity index (χ4v) is 2.97. The van der Waals surface area contributed by atoms with Crippen molar-refractivity contribution in [3.05, 3.63) is 70.9 Å². The zero-order valence-electron chi connectivity index (χ0n) is 14.4. The highest BCUT2D eigenvalue weighted by molar-refractivity contribution is 5.77. The van der Waals surface area contributed by atoms with E-state index in [-0.39, 0.29) is 12.1 Å². The summed E-state index contributed by atoms with van der Waals surface area (Å²) < 4.78 is 53.9. The first-order valence-corrected chi connectivity index (χ1v) is 8.24. The Morgan fingerprint density at radius 2 is 2.04 bits per heavy atom. The van der Waals surface area contributed by atoms with Crippen LogP contribution in [0.2, 0.25) is 0 Å². The van der Waals surface area contributed by atoms with Gasteiger partial charge in [0.05, 0.1) is 18.4 Å². The Hall–Kier alpha value is -3.34. The van der Waals surface area contributed by atoms with Crippen molar-refractivity contribution in [2.75, 3.05) is 0 Å². The molecule has 0 amide bonds. The molecule has 11 heteroatoms. The summed E-state index contributed by atoms with van der Waals surface area (Å²) in [5.41, 5.74) is 5.19. The summed E-state index contributed by atoms with van der Waals surface area (Å²) in [5.74, 6) is 3.84. The Bertz CT molecular complexity index is 995. The molecular formula is C17H15F4N7. The minimum atomic E-state index is -2.54. The number of aliphatic imine (C=N–C) groups is 1. The molecule has 0 saturated carbocycles. The van der Waals surface area contributed by atoms with Gasteiger partial charge in [-0.3, -0.25) is 20.1 Å². The van der Waals surface area contributed by atoms with Crippen molar-refractivity contribution in [1.82, 2.24) is 25.2 Å². The molecule has 0 unspecified atom stereocenters. The van der Waals surface area contributed by atoms with Gasteiger partial charge in [-0.25, -0.2) is 28.4 Å². The Kier molecular flexibility index (Phi) is 4.51. The summed E-state index contributed by atoms with van der Waals surface area (Å²) in [6.45, 7) is -0.555. The number of nitrogens with two attached hydrogens (primary N) is 1. The molecule has 0 spiro atoms. The van der Waals surface area contributed by atoms with Crippen LogP contribution < -0.4 is 11.3 Å². The Morgan fingerprint density at radius 1 is 1.21 bits per heavy atom. The van der Waals surface area contributed by atoms with Gasteiger partial charge in [-0.1, -0.05) is 12.1 Å². The third kappa shape index (κ3) is 3.31. The van der Waals surface area contributed by atoms with Crippen LogP contribution >= 0.6 is 0 Å². The standard InChI is InChI=1S/C17H15F4N7/c18-12-3-1-2-10(15(12)21)6-28-13-7-26(22)9-23-17(13)16(25-28)11-4-24-27(5-11)8-14(19)20/h1-5,7,9,14,25H,6,8,22H2. The number of halogens is 4. The second kappa shape index (κ2) is 7.00. The van der Waals surface area contributed by atoms with E-state index in [1.165, 1.54) is 35.9 Å².